The molecule has 0 bridgehead atoms. The first-order chi connectivity index (χ1) is 9.19. The SMILES string of the molecule is COCC(C)CC(NN)C1CCOC2(CCOC2)C1. The number of methoxy groups -OCH3 is 1. The molecule has 0 aromatic carbocycles. The van der Waals surface area contributed by atoms with Gasteiger partial charge in [-0.3, -0.25) is 11.3 Å². The molecule has 5 heteroatoms. The summed E-state index contributed by atoms with van der Waals surface area (Å²) in [6.07, 6.45) is 4.21. The number of nitrogens with one attached hydrogen (secondary N) is 1. The Kier molecular flexibility index (Phi) is 5.59. The molecule has 0 aromatic heterocycles. The molecule has 0 saturated carbocycles. The summed E-state index contributed by atoms with van der Waals surface area (Å²) in [7, 11) is 1.75. The molecule has 0 aromatic rings. The van der Waals surface area contributed by atoms with Crippen LogP contribution in [0.1, 0.15) is 32.6 Å². The van der Waals surface area contributed by atoms with Crippen molar-refractivity contribution < 1.29 is 14.2 Å². The topological polar surface area (TPSA) is 65.7 Å². The first-order valence-corrected chi connectivity index (χ1v) is 7.36. The predicted octanol–water partition coefficient (Wildman–Crippen LogP) is 1.08. The summed E-state index contributed by atoms with van der Waals surface area (Å²) in [6, 6.07) is 0.339. The Bertz CT molecular complexity index is 269. The minimum Gasteiger partial charge on any atom is -0.384 e. The molecule has 0 aliphatic carbocycles. The summed E-state index contributed by atoms with van der Waals surface area (Å²) in [5.41, 5.74) is 2.98. The summed E-state index contributed by atoms with van der Waals surface area (Å²) < 4.78 is 16.7. The van der Waals surface area contributed by atoms with E-state index in [-0.39, 0.29) is 5.60 Å². The standard InChI is InChI=1S/C14H28N2O3/c1-11(9-17-2)7-13(16-15)12-3-5-19-14(8-12)4-6-18-10-14/h11-13,16H,3-10,15H2,1-2H3. The smallest absolute Gasteiger partial charge is 0.0939 e. The van der Waals surface area contributed by atoms with Gasteiger partial charge in [0.1, 0.15) is 0 Å². The Labute approximate surface area is 116 Å². The summed E-state index contributed by atoms with van der Waals surface area (Å²) in [5.74, 6) is 6.86. The van der Waals surface area contributed by atoms with E-state index >= 15 is 0 Å². The molecule has 2 heterocycles. The zero-order valence-electron chi connectivity index (χ0n) is 12.2. The normalized spacial score (nSPS) is 34.6. The van der Waals surface area contributed by atoms with E-state index in [1.165, 1.54) is 0 Å². The van der Waals surface area contributed by atoms with Crippen LogP contribution in [-0.4, -0.2) is 45.2 Å². The Morgan fingerprint density at radius 3 is 2.95 bits per heavy atom. The second-order valence-electron chi connectivity index (χ2n) is 6.16. The van der Waals surface area contributed by atoms with Gasteiger partial charge in [-0.05, 0) is 31.1 Å². The lowest BCUT2D eigenvalue weighted by Gasteiger charge is -2.40. The van der Waals surface area contributed by atoms with E-state index < -0.39 is 0 Å². The number of rotatable bonds is 6. The molecule has 2 fully saturated rings. The van der Waals surface area contributed by atoms with Gasteiger partial charge in [-0.2, -0.15) is 0 Å². The minimum absolute atomic E-state index is 0.0392. The van der Waals surface area contributed by atoms with Crippen LogP contribution in [0.5, 0.6) is 0 Å². The predicted molar refractivity (Wildman–Crippen MR) is 73.6 cm³/mol. The van der Waals surface area contributed by atoms with E-state index in [2.05, 4.69) is 12.3 Å². The Morgan fingerprint density at radius 2 is 2.32 bits per heavy atom. The molecule has 2 rings (SSSR count). The highest BCUT2D eigenvalue weighted by molar-refractivity contribution is 4.93. The van der Waals surface area contributed by atoms with Crippen LogP contribution in [0, 0.1) is 11.8 Å². The van der Waals surface area contributed by atoms with Gasteiger partial charge in [0.15, 0.2) is 0 Å². The molecule has 112 valence electrons. The zero-order valence-corrected chi connectivity index (χ0v) is 12.2. The largest absolute Gasteiger partial charge is 0.384 e. The van der Waals surface area contributed by atoms with E-state index in [1.807, 2.05) is 0 Å². The van der Waals surface area contributed by atoms with Crippen molar-refractivity contribution in [3.05, 3.63) is 0 Å². The highest BCUT2D eigenvalue weighted by Gasteiger charge is 2.42. The van der Waals surface area contributed by atoms with Crippen molar-refractivity contribution in [2.24, 2.45) is 17.7 Å². The monoisotopic (exact) mass is 272 g/mol. The van der Waals surface area contributed by atoms with Gasteiger partial charge in [-0.15, -0.1) is 0 Å². The van der Waals surface area contributed by atoms with Crippen LogP contribution in [0.25, 0.3) is 0 Å². The molecule has 2 saturated heterocycles. The summed E-state index contributed by atoms with van der Waals surface area (Å²) in [6.45, 7) is 5.39. The number of hydrogen-bond acceptors (Lipinski definition) is 5. The van der Waals surface area contributed by atoms with E-state index in [9.17, 15) is 0 Å². The van der Waals surface area contributed by atoms with Crippen LogP contribution in [0.15, 0.2) is 0 Å². The van der Waals surface area contributed by atoms with Gasteiger partial charge in [0.2, 0.25) is 0 Å². The Morgan fingerprint density at radius 1 is 1.47 bits per heavy atom. The highest BCUT2D eigenvalue weighted by atomic mass is 16.6. The molecular weight excluding hydrogens is 244 g/mol. The maximum absolute atomic E-state index is 5.99. The van der Waals surface area contributed by atoms with Gasteiger partial charge in [0.05, 0.1) is 12.2 Å². The molecule has 2 aliphatic heterocycles. The third-order valence-corrected chi connectivity index (χ3v) is 4.49. The van der Waals surface area contributed by atoms with Crippen LogP contribution in [-0.2, 0) is 14.2 Å². The van der Waals surface area contributed by atoms with Gasteiger partial charge in [0, 0.05) is 39.4 Å². The molecule has 4 atom stereocenters. The van der Waals surface area contributed by atoms with Gasteiger partial charge in [-0.25, -0.2) is 0 Å². The van der Waals surface area contributed by atoms with Crippen LogP contribution < -0.4 is 11.3 Å². The highest BCUT2D eigenvalue weighted by Crippen LogP contribution is 2.37. The Balaban J connectivity index is 1.90. The fraction of sp³-hybridized carbons (Fsp3) is 1.00. The Hall–Kier alpha value is -0.200. The molecule has 3 N–H and O–H groups in total. The fourth-order valence-electron chi connectivity index (χ4n) is 3.46. The van der Waals surface area contributed by atoms with Crippen molar-refractivity contribution >= 4 is 0 Å². The van der Waals surface area contributed by atoms with Crippen molar-refractivity contribution in [1.29, 1.82) is 0 Å². The lowest BCUT2D eigenvalue weighted by atomic mass is 9.79. The minimum atomic E-state index is -0.0392. The lowest BCUT2D eigenvalue weighted by molar-refractivity contribution is -0.104. The maximum atomic E-state index is 5.99. The van der Waals surface area contributed by atoms with Crippen LogP contribution >= 0.6 is 0 Å². The molecule has 1 spiro atoms. The quantitative estimate of drug-likeness (QED) is 0.559. The average Bonchev–Trinajstić information content (AvgIpc) is 2.84. The third kappa shape index (κ3) is 3.89. The summed E-state index contributed by atoms with van der Waals surface area (Å²) >= 11 is 0. The first-order valence-electron chi connectivity index (χ1n) is 7.36. The molecule has 2 aliphatic rings. The van der Waals surface area contributed by atoms with Crippen molar-refractivity contribution in [1.82, 2.24) is 5.43 Å². The van der Waals surface area contributed by atoms with Crippen LogP contribution in [0.3, 0.4) is 0 Å². The van der Waals surface area contributed by atoms with Gasteiger partial charge in [-0.1, -0.05) is 6.92 Å². The van der Waals surface area contributed by atoms with Crippen molar-refractivity contribution in [2.45, 2.75) is 44.2 Å². The van der Waals surface area contributed by atoms with E-state index in [0.29, 0.717) is 17.9 Å². The van der Waals surface area contributed by atoms with E-state index in [0.717, 1.165) is 52.1 Å². The second kappa shape index (κ2) is 6.99. The maximum Gasteiger partial charge on any atom is 0.0939 e. The van der Waals surface area contributed by atoms with Crippen LogP contribution in [0.4, 0.5) is 0 Å². The number of ether oxygens (including phenoxy) is 3. The molecule has 5 nitrogen and oxygen atoms in total. The summed E-state index contributed by atoms with van der Waals surface area (Å²) in [4.78, 5) is 0. The lowest BCUT2D eigenvalue weighted by Crippen LogP contribution is -2.49. The number of nitrogens with two attached hydrogens (primary N) is 1. The molecule has 0 amide bonds. The van der Waals surface area contributed by atoms with Gasteiger partial charge in [0.25, 0.3) is 0 Å². The van der Waals surface area contributed by atoms with Crippen molar-refractivity contribution in [3.63, 3.8) is 0 Å². The zero-order chi connectivity index (χ0) is 13.7. The molecule has 0 radical (unpaired) electrons. The summed E-state index contributed by atoms with van der Waals surface area (Å²) in [5, 5.41) is 0. The second-order valence-corrected chi connectivity index (χ2v) is 6.16. The van der Waals surface area contributed by atoms with Gasteiger partial charge >= 0.3 is 0 Å². The third-order valence-electron chi connectivity index (χ3n) is 4.49. The van der Waals surface area contributed by atoms with E-state index in [4.69, 9.17) is 20.1 Å². The average molecular weight is 272 g/mol. The number of hydrazine groups is 1. The van der Waals surface area contributed by atoms with Crippen molar-refractivity contribution in [2.75, 3.05) is 33.5 Å². The van der Waals surface area contributed by atoms with Crippen LogP contribution in [0.2, 0.25) is 0 Å². The van der Waals surface area contributed by atoms with Crippen molar-refractivity contribution in [3.8, 4) is 0 Å². The first kappa shape index (κ1) is 15.2. The van der Waals surface area contributed by atoms with E-state index in [1.54, 1.807) is 7.11 Å². The molecule has 4 unspecified atom stereocenters. The molecule has 19 heavy (non-hydrogen) atoms. The number of hydrogen-bond donors (Lipinski definition) is 2. The fourth-order valence-corrected chi connectivity index (χ4v) is 3.46. The van der Waals surface area contributed by atoms with Gasteiger partial charge < -0.3 is 14.2 Å². The molecular formula is C14H28N2O3.